The van der Waals surface area contributed by atoms with E-state index in [1.54, 1.807) is 6.07 Å². The fourth-order valence-corrected chi connectivity index (χ4v) is 0.534. The van der Waals surface area contributed by atoms with Crippen LogP contribution in [0.3, 0.4) is 0 Å². The molecule has 0 bridgehead atoms. The molecule has 0 amide bonds. The molecule has 0 aliphatic carbocycles. The summed E-state index contributed by atoms with van der Waals surface area (Å²) in [5.74, 6) is 0. The molecule has 0 unspecified atom stereocenters. The maximum atomic E-state index is 8.37. The van der Waals surface area contributed by atoms with Crippen LogP contribution in [0.5, 0.6) is 0 Å². The van der Waals surface area contributed by atoms with Crippen molar-refractivity contribution in [3.63, 3.8) is 0 Å². The molecule has 0 saturated heterocycles. The molecule has 7 heteroatoms. The average molecular weight is 183 g/mol. The first kappa shape index (κ1) is 9.98. The standard InChI is InChI=1S/C3H6NO4PS/c4-2-1-3-7-8-9(5,6)10/h1,3H2,(H2,5,6,10). The predicted octanol–water partition coefficient (Wildman–Crippen LogP) is 0.0574. The second-order valence-corrected chi connectivity index (χ2v) is 3.85. The van der Waals surface area contributed by atoms with Gasteiger partial charge in [-0.1, -0.05) is 0 Å². The van der Waals surface area contributed by atoms with Crippen LogP contribution < -0.4 is 0 Å². The minimum absolute atomic E-state index is 0.0178. The van der Waals surface area contributed by atoms with Crippen molar-refractivity contribution in [1.29, 1.82) is 5.26 Å². The lowest BCUT2D eigenvalue weighted by Crippen LogP contribution is -1.93. The molecule has 0 aromatic carbocycles. The van der Waals surface area contributed by atoms with Gasteiger partial charge in [-0.15, -0.1) is 4.67 Å². The number of hydrogen-bond acceptors (Lipinski definition) is 4. The van der Waals surface area contributed by atoms with Crippen LogP contribution in [0.15, 0.2) is 0 Å². The normalized spacial score (nSPS) is 10.9. The van der Waals surface area contributed by atoms with Gasteiger partial charge in [0.15, 0.2) is 0 Å². The van der Waals surface area contributed by atoms with E-state index < -0.39 is 6.72 Å². The SMILES string of the molecule is N#CCCOOP(O)(O)=S. The molecule has 0 spiro atoms. The van der Waals surface area contributed by atoms with Gasteiger partial charge in [0.2, 0.25) is 0 Å². The summed E-state index contributed by atoms with van der Waals surface area (Å²) in [6.45, 7) is -3.72. The van der Waals surface area contributed by atoms with Gasteiger partial charge >= 0.3 is 6.72 Å². The van der Waals surface area contributed by atoms with Crippen LogP contribution in [0.2, 0.25) is 0 Å². The van der Waals surface area contributed by atoms with E-state index in [2.05, 4.69) is 21.4 Å². The topological polar surface area (TPSA) is 82.7 Å². The van der Waals surface area contributed by atoms with Crippen LogP contribution in [0.25, 0.3) is 0 Å². The molecule has 0 rings (SSSR count). The Bertz CT molecular complexity index is 172. The Morgan fingerprint density at radius 1 is 1.60 bits per heavy atom. The molecule has 0 aliphatic heterocycles. The molecule has 58 valence electrons. The highest BCUT2D eigenvalue weighted by molar-refractivity contribution is 8.06. The zero-order chi connectivity index (χ0) is 8.04. The largest absolute Gasteiger partial charge is 0.350 e. The minimum atomic E-state index is -3.70. The van der Waals surface area contributed by atoms with Crippen LogP contribution in [-0.2, 0) is 21.4 Å². The van der Waals surface area contributed by atoms with Gasteiger partial charge in [-0.3, -0.25) is 0 Å². The van der Waals surface area contributed by atoms with E-state index in [4.69, 9.17) is 15.0 Å². The molecule has 0 fully saturated rings. The van der Waals surface area contributed by atoms with E-state index >= 15 is 0 Å². The summed E-state index contributed by atoms with van der Waals surface area (Å²) in [6.07, 6.45) is 0.120. The first-order valence-electron chi connectivity index (χ1n) is 2.30. The van der Waals surface area contributed by atoms with Crippen molar-refractivity contribution in [1.82, 2.24) is 0 Å². The number of rotatable bonds is 4. The molecule has 0 aromatic rings. The Morgan fingerprint density at radius 2 is 2.20 bits per heavy atom. The maximum absolute atomic E-state index is 8.37. The number of nitriles is 1. The van der Waals surface area contributed by atoms with E-state index in [0.29, 0.717) is 0 Å². The van der Waals surface area contributed by atoms with Crippen molar-refractivity contribution >= 4 is 18.5 Å². The lowest BCUT2D eigenvalue weighted by Gasteiger charge is -2.04. The second-order valence-electron chi connectivity index (χ2n) is 1.30. The minimum Gasteiger partial charge on any atom is -0.323 e. The van der Waals surface area contributed by atoms with E-state index in [1.165, 1.54) is 0 Å². The third-order valence-electron chi connectivity index (χ3n) is 0.447. The molecular formula is C3H6NO4PS. The van der Waals surface area contributed by atoms with Crippen molar-refractivity contribution in [2.75, 3.05) is 6.61 Å². The number of nitrogens with zero attached hydrogens (tertiary/aromatic N) is 1. The monoisotopic (exact) mass is 183 g/mol. The van der Waals surface area contributed by atoms with Gasteiger partial charge in [0.25, 0.3) is 0 Å². The summed E-state index contributed by atoms with van der Waals surface area (Å²) in [7, 11) is 0. The molecule has 0 atom stereocenters. The van der Waals surface area contributed by atoms with Crippen LogP contribution in [-0.4, -0.2) is 16.4 Å². The van der Waals surface area contributed by atoms with E-state index in [9.17, 15) is 0 Å². The van der Waals surface area contributed by atoms with Crippen LogP contribution in [0.4, 0.5) is 0 Å². The highest BCUT2D eigenvalue weighted by Crippen LogP contribution is 2.36. The van der Waals surface area contributed by atoms with E-state index in [0.717, 1.165) is 0 Å². The van der Waals surface area contributed by atoms with Crippen LogP contribution >= 0.6 is 6.72 Å². The molecular weight excluding hydrogens is 177 g/mol. The van der Waals surface area contributed by atoms with Gasteiger partial charge in [0.1, 0.15) is 0 Å². The van der Waals surface area contributed by atoms with Crippen LogP contribution in [0.1, 0.15) is 6.42 Å². The van der Waals surface area contributed by atoms with Gasteiger partial charge in [0.05, 0.1) is 19.1 Å². The summed E-state index contributed by atoms with van der Waals surface area (Å²) < 4.78 is 3.92. The Hall–Kier alpha value is -0.0200. The smallest absolute Gasteiger partial charge is 0.323 e. The Balaban J connectivity index is 3.23. The summed E-state index contributed by atoms with van der Waals surface area (Å²) in [5, 5.41) is 7.97. The average Bonchev–Trinajstić information content (AvgIpc) is 1.78. The second kappa shape index (κ2) is 4.74. The summed E-state index contributed by atoms with van der Waals surface area (Å²) in [4.78, 5) is 20.9. The first-order chi connectivity index (χ1) is 4.56. The van der Waals surface area contributed by atoms with Crippen molar-refractivity contribution in [2.24, 2.45) is 0 Å². The molecule has 2 N–H and O–H groups in total. The quantitative estimate of drug-likeness (QED) is 0.277. The van der Waals surface area contributed by atoms with Crippen molar-refractivity contribution in [3.05, 3.63) is 0 Å². The highest BCUT2D eigenvalue weighted by Gasteiger charge is 2.07. The molecule has 0 heterocycles. The van der Waals surface area contributed by atoms with E-state index in [-0.39, 0.29) is 13.0 Å². The summed E-state index contributed by atoms with van der Waals surface area (Å²) >= 11 is 4.03. The summed E-state index contributed by atoms with van der Waals surface area (Å²) in [6, 6.07) is 1.76. The van der Waals surface area contributed by atoms with Gasteiger partial charge in [-0.05, 0) is 11.8 Å². The van der Waals surface area contributed by atoms with Gasteiger partial charge in [-0.2, -0.15) is 5.26 Å². The molecule has 5 nitrogen and oxygen atoms in total. The third-order valence-corrected chi connectivity index (χ3v) is 0.929. The van der Waals surface area contributed by atoms with Crippen molar-refractivity contribution in [2.45, 2.75) is 6.42 Å². The fraction of sp³-hybridized carbons (Fsp3) is 0.667. The van der Waals surface area contributed by atoms with Gasteiger partial charge in [0, 0.05) is 0 Å². The Kier molecular flexibility index (Phi) is 4.73. The predicted molar refractivity (Wildman–Crippen MR) is 36.0 cm³/mol. The maximum Gasteiger partial charge on any atom is 0.350 e. The zero-order valence-corrected chi connectivity index (χ0v) is 6.64. The van der Waals surface area contributed by atoms with Crippen molar-refractivity contribution < 1.29 is 19.3 Å². The lowest BCUT2D eigenvalue weighted by molar-refractivity contribution is -0.212. The van der Waals surface area contributed by atoms with E-state index in [1.807, 2.05) is 0 Å². The highest BCUT2D eigenvalue weighted by atomic mass is 32.5. The Labute approximate surface area is 63.0 Å². The van der Waals surface area contributed by atoms with Crippen molar-refractivity contribution in [3.8, 4) is 6.07 Å². The molecule has 0 aromatic heterocycles. The van der Waals surface area contributed by atoms with Crippen LogP contribution in [0, 0.1) is 11.3 Å². The Morgan fingerprint density at radius 3 is 2.60 bits per heavy atom. The third kappa shape index (κ3) is 7.98. The van der Waals surface area contributed by atoms with Gasteiger partial charge in [-0.25, -0.2) is 4.89 Å². The lowest BCUT2D eigenvalue weighted by atomic mass is 10.5. The zero-order valence-electron chi connectivity index (χ0n) is 4.93. The first-order valence-corrected chi connectivity index (χ1v) is 4.92. The molecule has 0 aliphatic rings. The number of hydrogen-bond donors (Lipinski definition) is 2. The molecule has 0 radical (unpaired) electrons. The fourth-order valence-electron chi connectivity index (χ4n) is 0.193. The molecule has 10 heavy (non-hydrogen) atoms. The molecule has 0 saturated carbocycles. The van der Waals surface area contributed by atoms with Gasteiger partial charge < -0.3 is 9.79 Å². The summed E-state index contributed by atoms with van der Waals surface area (Å²) in [5.41, 5.74) is 0.